The van der Waals surface area contributed by atoms with Crippen LogP contribution in [0.15, 0.2) is 24.3 Å². The Morgan fingerprint density at radius 2 is 2.18 bits per heavy atom. The van der Waals surface area contributed by atoms with Gasteiger partial charge < -0.3 is 10.5 Å². The lowest BCUT2D eigenvalue weighted by molar-refractivity contribution is -0.146. The van der Waals surface area contributed by atoms with E-state index >= 15 is 0 Å². The van der Waals surface area contributed by atoms with E-state index in [1.165, 1.54) is 6.07 Å². The van der Waals surface area contributed by atoms with Crippen LogP contribution in [0.3, 0.4) is 0 Å². The summed E-state index contributed by atoms with van der Waals surface area (Å²) in [5.41, 5.74) is 6.00. The molecule has 1 aromatic carbocycles. The van der Waals surface area contributed by atoms with Crippen LogP contribution in [-0.2, 0) is 16.1 Å². The van der Waals surface area contributed by atoms with E-state index in [1.54, 1.807) is 18.2 Å². The van der Waals surface area contributed by atoms with Crippen molar-refractivity contribution in [3.63, 3.8) is 0 Å². The van der Waals surface area contributed by atoms with Crippen LogP contribution in [0.5, 0.6) is 0 Å². The summed E-state index contributed by atoms with van der Waals surface area (Å²) in [4.78, 5) is 11.5. The van der Waals surface area contributed by atoms with Gasteiger partial charge in [-0.25, -0.2) is 4.39 Å². The molecular formula is C13H18FNO2. The third-order valence-electron chi connectivity index (χ3n) is 2.50. The molecule has 1 rings (SSSR count). The Kier molecular flexibility index (Phi) is 5.63. The van der Waals surface area contributed by atoms with E-state index in [0.29, 0.717) is 12.0 Å². The minimum atomic E-state index is -0.610. The molecule has 0 saturated carbocycles. The number of hydrogen-bond acceptors (Lipinski definition) is 3. The quantitative estimate of drug-likeness (QED) is 0.775. The molecule has 0 bridgehead atoms. The normalized spacial score (nSPS) is 12.2. The third kappa shape index (κ3) is 4.53. The van der Waals surface area contributed by atoms with Crippen molar-refractivity contribution in [1.29, 1.82) is 0 Å². The molecule has 2 N–H and O–H groups in total. The number of ether oxygens (including phenoxy) is 1. The van der Waals surface area contributed by atoms with E-state index in [-0.39, 0.29) is 12.4 Å². The highest BCUT2D eigenvalue weighted by Gasteiger charge is 2.14. The van der Waals surface area contributed by atoms with Gasteiger partial charge in [0.1, 0.15) is 18.5 Å². The molecule has 4 heteroatoms. The van der Waals surface area contributed by atoms with Gasteiger partial charge in [0.2, 0.25) is 0 Å². The molecule has 0 aliphatic carbocycles. The number of unbranched alkanes of at least 4 members (excludes halogenated alkanes) is 1. The molecule has 0 aromatic heterocycles. The Morgan fingerprint density at radius 1 is 1.47 bits per heavy atom. The van der Waals surface area contributed by atoms with Crippen LogP contribution in [0.4, 0.5) is 4.39 Å². The maximum Gasteiger partial charge on any atom is 0.323 e. The number of halogens is 1. The summed E-state index contributed by atoms with van der Waals surface area (Å²) in [5, 5.41) is 0. The molecule has 1 aromatic rings. The number of nitrogens with two attached hydrogens (primary N) is 1. The molecule has 1 atom stereocenters. The first-order chi connectivity index (χ1) is 8.15. The topological polar surface area (TPSA) is 52.3 Å². The molecule has 0 spiro atoms. The largest absolute Gasteiger partial charge is 0.460 e. The fourth-order valence-corrected chi connectivity index (χ4v) is 1.41. The molecule has 17 heavy (non-hydrogen) atoms. The second kappa shape index (κ2) is 7.01. The van der Waals surface area contributed by atoms with Crippen molar-refractivity contribution in [2.24, 2.45) is 5.73 Å². The Morgan fingerprint density at radius 3 is 2.82 bits per heavy atom. The second-order valence-electron chi connectivity index (χ2n) is 3.95. The van der Waals surface area contributed by atoms with E-state index in [4.69, 9.17) is 10.5 Å². The first-order valence-electron chi connectivity index (χ1n) is 5.80. The fraction of sp³-hybridized carbons (Fsp3) is 0.462. The highest BCUT2D eigenvalue weighted by molar-refractivity contribution is 5.75. The van der Waals surface area contributed by atoms with Gasteiger partial charge in [0, 0.05) is 5.56 Å². The molecule has 0 saturated heterocycles. The van der Waals surface area contributed by atoms with Crippen molar-refractivity contribution < 1.29 is 13.9 Å². The number of carbonyl (C=O) groups excluding carboxylic acids is 1. The smallest absolute Gasteiger partial charge is 0.323 e. The zero-order valence-electron chi connectivity index (χ0n) is 9.99. The maximum absolute atomic E-state index is 13.2. The van der Waals surface area contributed by atoms with Gasteiger partial charge in [0.25, 0.3) is 0 Å². The molecule has 1 unspecified atom stereocenters. The summed E-state index contributed by atoms with van der Waals surface area (Å²) < 4.78 is 18.2. The average Bonchev–Trinajstić information content (AvgIpc) is 2.34. The highest BCUT2D eigenvalue weighted by atomic mass is 19.1. The van der Waals surface area contributed by atoms with Crippen molar-refractivity contribution in [2.45, 2.75) is 38.8 Å². The van der Waals surface area contributed by atoms with E-state index in [1.807, 2.05) is 6.92 Å². The highest BCUT2D eigenvalue weighted by Crippen LogP contribution is 2.09. The van der Waals surface area contributed by atoms with Crippen molar-refractivity contribution in [2.75, 3.05) is 0 Å². The number of rotatable bonds is 6. The average molecular weight is 239 g/mol. The van der Waals surface area contributed by atoms with Crippen LogP contribution in [0.1, 0.15) is 31.7 Å². The Balaban J connectivity index is 2.40. The van der Waals surface area contributed by atoms with Gasteiger partial charge in [-0.15, -0.1) is 0 Å². The summed E-state index contributed by atoms with van der Waals surface area (Å²) in [6.45, 7) is 1.96. The van der Waals surface area contributed by atoms with Crippen LogP contribution in [0.25, 0.3) is 0 Å². The minimum Gasteiger partial charge on any atom is -0.460 e. The lowest BCUT2D eigenvalue weighted by atomic mass is 10.1. The predicted molar refractivity (Wildman–Crippen MR) is 63.7 cm³/mol. The number of hydrogen-bond donors (Lipinski definition) is 1. The van der Waals surface area contributed by atoms with Crippen LogP contribution in [0.2, 0.25) is 0 Å². The molecule has 0 aliphatic rings. The summed E-state index contributed by atoms with van der Waals surface area (Å²) in [7, 11) is 0. The molecule has 0 aliphatic heterocycles. The first-order valence-corrected chi connectivity index (χ1v) is 5.80. The van der Waals surface area contributed by atoms with Gasteiger partial charge in [-0.3, -0.25) is 4.79 Å². The van der Waals surface area contributed by atoms with Crippen molar-refractivity contribution in [1.82, 2.24) is 0 Å². The second-order valence-corrected chi connectivity index (χ2v) is 3.95. The van der Waals surface area contributed by atoms with Crippen molar-refractivity contribution in [3.05, 3.63) is 35.6 Å². The number of carbonyl (C=O) groups is 1. The van der Waals surface area contributed by atoms with Gasteiger partial charge >= 0.3 is 5.97 Å². The summed E-state index contributed by atoms with van der Waals surface area (Å²) >= 11 is 0. The summed E-state index contributed by atoms with van der Waals surface area (Å²) in [6.07, 6.45) is 2.47. The van der Waals surface area contributed by atoms with Crippen LogP contribution < -0.4 is 5.73 Å². The SMILES string of the molecule is CCCCC(N)C(=O)OCc1ccccc1F. The first kappa shape index (κ1) is 13.6. The van der Waals surface area contributed by atoms with E-state index in [0.717, 1.165) is 12.8 Å². The van der Waals surface area contributed by atoms with Crippen molar-refractivity contribution in [3.8, 4) is 0 Å². The van der Waals surface area contributed by atoms with Gasteiger partial charge in [-0.05, 0) is 12.5 Å². The molecule has 94 valence electrons. The number of esters is 1. The molecular weight excluding hydrogens is 221 g/mol. The van der Waals surface area contributed by atoms with Crippen LogP contribution in [0, 0.1) is 5.82 Å². The zero-order chi connectivity index (χ0) is 12.7. The standard InChI is InChI=1S/C13H18FNO2/c1-2-3-8-12(15)13(16)17-9-10-6-4-5-7-11(10)14/h4-7,12H,2-3,8-9,15H2,1H3. The van der Waals surface area contributed by atoms with Crippen LogP contribution in [-0.4, -0.2) is 12.0 Å². The van der Waals surface area contributed by atoms with E-state index < -0.39 is 12.0 Å². The lowest BCUT2D eigenvalue weighted by Gasteiger charge is -2.11. The van der Waals surface area contributed by atoms with Crippen molar-refractivity contribution >= 4 is 5.97 Å². The van der Waals surface area contributed by atoms with Crippen LogP contribution >= 0.6 is 0 Å². The minimum absolute atomic E-state index is 0.0642. The Hall–Kier alpha value is -1.42. The third-order valence-corrected chi connectivity index (χ3v) is 2.50. The Labute approximate surface area is 101 Å². The van der Waals surface area contributed by atoms with Gasteiger partial charge in [0.05, 0.1) is 0 Å². The Bertz CT molecular complexity index is 368. The summed E-state index contributed by atoms with van der Waals surface area (Å²) in [6, 6.07) is 5.60. The monoisotopic (exact) mass is 239 g/mol. The van der Waals surface area contributed by atoms with Gasteiger partial charge in [0.15, 0.2) is 0 Å². The van der Waals surface area contributed by atoms with E-state index in [2.05, 4.69) is 0 Å². The molecule has 0 amide bonds. The molecule has 0 heterocycles. The maximum atomic E-state index is 13.2. The summed E-state index contributed by atoms with van der Waals surface area (Å²) in [5.74, 6) is -0.843. The number of benzene rings is 1. The molecule has 0 radical (unpaired) electrons. The zero-order valence-corrected chi connectivity index (χ0v) is 9.99. The van der Waals surface area contributed by atoms with E-state index in [9.17, 15) is 9.18 Å². The molecule has 3 nitrogen and oxygen atoms in total. The lowest BCUT2D eigenvalue weighted by Crippen LogP contribution is -2.32. The predicted octanol–water partition coefficient (Wildman–Crippen LogP) is 2.39. The fourth-order valence-electron chi connectivity index (χ4n) is 1.41. The molecule has 0 fully saturated rings. The van der Waals surface area contributed by atoms with Gasteiger partial charge in [-0.1, -0.05) is 38.0 Å². The van der Waals surface area contributed by atoms with Gasteiger partial charge in [-0.2, -0.15) is 0 Å².